The van der Waals surface area contributed by atoms with Gasteiger partial charge >= 0.3 is 5.97 Å². The van der Waals surface area contributed by atoms with E-state index in [-0.39, 0.29) is 10.7 Å². The third-order valence-electron chi connectivity index (χ3n) is 2.51. The van der Waals surface area contributed by atoms with E-state index < -0.39 is 24.0 Å². The van der Waals surface area contributed by atoms with Crippen LogP contribution < -0.4 is 5.32 Å². The maximum Gasteiger partial charge on any atom is 0.328 e. The van der Waals surface area contributed by atoms with Gasteiger partial charge in [-0.2, -0.15) is 0 Å². The minimum absolute atomic E-state index is 0.161. The first-order valence-corrected chi connectivity index (χ1v) is 6.11. The summed E-state index contributed by atoms with van der Waals surface area (Å²) in [5.74, 6) is -1.92. The van der Waals surface area contributed by atoms with Gasteiger partial charge in [-0.15, -0.1) is 0 Å². The van der Waals surface area contributed by atoms with Gasteiger partial charge < -0.3 is 15.5 Å². The molecular weight excluding hydrogens is 272 g/mol. The molecule has 0 bridgehead atoms. The molecule has 0 radical (unpaired) electrons. The second-order valence-electron chi connectivity index (χ2n) is 4.05. The standard InChI is InChI=1S/C12H15ClN2O4/c1-3-8-4-7(5-9(13)14-8)11(17)15-10(6(2)16)12(18)19/h4-6,10,16H,3H2,1-2H3,(H,15,17)(H,18,19)/t6-,10+/m1/s1. The summed E-state index contributed by atoms with van der Waals surface area (Å²) in [6.07, 6.45) is -0.607. The zero-order valence-corrected chi connectivity index (χ0v) is 11.3. The quantitative estimate of drug-likeness (QED) is 0.697. The lowest BCUT2D eigenvalue weighted by molar-refractivity contribution is -0.141. The number of aromatic nitrogens is 1. The largest absolute Gasteiger partial charge is 0.480 e. The van der Waals surface area contributed by atoms with Gasteiger partial charge in [0.1, 0.15) is 5.15 Å². The van der Waals surface area contributed by atoms with E-state index in [2.05, 4.69) is 10.3 Å². The molecule has 0 spiro atoms. The molecule has 0 aromatic carbocycles. The van der Waals surface area contributed by atoms with Crippen LogP contribution in [0.4, 0.5) is 0 Å². The van der Waals surface area contributed by atoms with Crippen LogP contribution in [0.1, 0.15) is 29.9 Å². The number of carboxylic acid groups (broad SMARTS) is 1. The van der Waals surface area contributed by atoms with Gasteiger partial charge in [0.05, 0.1) is 6.10 Å². The van der Waals surface area contributed by atoms with E-state index in [4.69, 9.17) is 16.7 Å². The monoisotopic (exact) mass is 286 g/mol. The third-order valence-corrected chi connectivity index (χ3v) is 2.70. The molecule has 1 amide bonds. The fraction of sp³-hybridized carbons (Fsp3) is 0.417. The molecule has 1 rings (SSSR count). The van der Waals surface area contributed by atoms with Crippen molar-refractivity contribution >= 4 is 23.5 Å². The van der Waals surface area contributed by atoms with Crippen molar-refractivity contribution in [2.24, 2.45) is 0 Å². The highest BCUT2D eigenvalue weighted by Crippen LogP contribution is 2.12. The van der Waals surface area contributed by atoms with E-state index in [1.54, 1.807) is 0 Å². The van der Waals surface area contributed by atoms with Crippen molar-refractivity contribution in [2.45, 2.75) is 32.4 Å². The molecule has 0 fully saturated rings. The van der Waals surface area contributed by atoms with Crippen LogP contribution in [0.15, 0.2) is 12.1 Å². The predicted octanol–water partition coefficient (Wildman–Crippen LogP) is 0.861. The van der Waals surface area contributed by atoms with Gasteiger partial charge in [0.25, 0.3) is 5.91 Å². The van der Waals surface area contributed by atoms with Crippen LogP contribution in [0.3, 0.4) is 0 Å². The molecule has 0 aliphatic carbocycles. The lowest BCUT2D eigenvalue weighted by atomic mass is 10.1. The van der Waals surface area contributed by atoms with Gasteiger partial charge in [-0.25, -0.2) is 9.78 Å². The number of halogens is 1. The van der Waals surface area contributed by atoms with Gasteiger partial charge in [0.2, 0.25) is 0 Å². The van der Waals surface area contributed by atoms with Crippen molar-refractivity contribution in [3.05, 3.63) is 28.5 Å². The molecule has 104 valence electrons. The van der Waals surface area contributed by atoms with Crippen LogP contribution in [0.2, 0.25) is 5.15 Å². The molecule has 2 atom stereocenters. The van der Waals surface area contributed by atoms with Gasteiger partial charge in [-0.3, -0.25) is 4.79 Å². The number of carbonyl (C=O) groups is 2. The number of nitrogens with zero attached hydrogens (tertiary/aromatic N) is 1. The van der Waals surface area contributed by atoms with Gasteiger partial charge in [-0.1, -0.05) is 18.5 Å². The molecule has 1 aromatic heterocycles. The molecule has 0 saturated carbocycles. The Hall–Kier alpha value is -1.66. The predicted molar refractivity (Wildman–Crippen MR) is 69.2 cm³/mol. The zero-order chi connectivity index (χ0) is 14.6. The molecule has 3 N–H and O–H groups in total. The number of aliphatic hydroxyl groups is 1. The second-order valence-corrected chi connectivity index (χ2v) is 4.44. The van der Waals surface area contributed by atoms with Gasteiger partial charge in [0, 0.05) is 11.3 Å². The Labute approximate surface area is 115 Å². The van der Waals surface area contributed by atoms with Crippen LogP contribution >= 0.6 is 11.6 Å². The maximum absolute atomic E-state index is 11.9. The number of aliphatic hydroxyl groups excluding tert-OH is 1. The topological polar surface area (TPSA) is 99.5 Å². The minimum atomic E-state index is -1.37. The van der Waals surface area contributed by atoms with E-state index in [1.165, 1.54) is 19.1 Å². The Morgan fingerprint density at radius 3 is 2.58 bits per heavy atom. The molecule has 0 saturated heterocycles. The molecule has 0 aliphatic rings. The number of nitrogens with one attached hydrogen (secondary N) is 1. The normalized spacial score (nSPS) is 13.7. The second kappa shape index (κ2) is 6.49. The Morgan fingerprint density at radius 2 is 2.11 bits per heavy atom. The average molecular weight is 287 g/mol. The van der Waals surface area contributed by atoms with Crippen molar-refractivity contribution in [1.82, 2.24) is 10.3 Å². The first-order valence-electron chi connectivity index (χ1n) is 5.73. The van der Waals surface area contributed by atoms with Crippen molar-refractivity contribution in [1.29, 1.82) is 0 Å². The van der Waals surface area contributed by atoms with E-state index >= 15 is 0 Å². The molecule has 0 unspecified atom stereocenters. The smallest absolute Gasteiger partial charge is 0.328 e. The number of hydrogen-bond acceptors (Lipinski definition) is 4. The number of carbonyl (C=O) groups excluding carboxylic acids is 1. The van der Waals surface area contributed by atoms with Crippen molar-refractivity contribution in [2.75, 3.05) is 0 Å². The Bertz CT molecular complexity index is 491. The summed E-state index contributed by atoms with van der Waals surface area (Å²) in [6.45, 7) is 3.15. The first-order chi connectivity index (χ1) is 8.85. The minimum Gasteiger partial charge on any atom is -0.480 e. The first kappa shape index (κ1) is 15.4. The highest BCUT2D eigenvalue weighted by molar-refractivity contribution is 6.29. The summed E-state index contributed by atoms with van der Waals surface area (Å²) in [5, 5.41) is 20.6. The van der Waals surface area contributed by atoms with Crippen LogP contribution in [0.25, 0.3) is 0 Å². The molecule has 1 aromatic rings. The molecule has 6 nitrogen and oxygen atoms in total. The molecule has 1 heterocycles. The maximum atomic E-state index is 11.9. The Balaban J connectivity index is 2.94. The fourth-order valence-electron chi connectivity index (χ4n) is 1.48. The van der Waals surface area contributed by atoms with Crippen molar-refractivity contribution < 1.29 is 19.8 Å². The Kier molecular flexibility index (Phi) is 5.26. The average Bonchev–Trinajstić information content (AvgIpc) is 2.33. The Morgan fingerprint density at radius 1 is 1.47 bits per heavy atom. The number of aliphatic carboxylic acids is 1. The molecule has 19 heavy (non-hydrogen) atoms. The highest BCUT2D eigenvalue weighted by atomic mass is 35.5. The SMILES string of the molecule is CCc1cc(C(=O)N[C@H](C(=O)O)[C@@H](C)O)cc(Cl)n1. The summed E-state index contributed by atoms with van der Waals surface area (Å²) >= 11 is 5.78. The summed E-state index contributed by atoms with van der Waals surface area (Å²) in [6, 6.07) is 1.50. The summed E-state index contributed by atoms with van der Waals surface area (Å²) in [4.78, 5) is 26.8. The number of amides is 1. The fourth-order valence-corrected chi connectivity index (χ4v) is 1.70. The van der Waals surface area contributed by atoms with Crippen molar-refractivity contribution in [3.63, 3.8) is 0 Å². The molecule has 7 heteroatoms. The van der Waals surface area contributed by atoms with Crippen LogP contribution in [-0.4, -0.2) is 39.2 Å². The van der Waals surface area contributed by atoms with Gasteiger partial charge in [-0.05, 0) is 25.5 Å². The summed E-state index contributed by atoms with van der Waals surface area (Å²) in [5.41, 5.74) is 0.838. The zero-order valence-electron chi connectivity index (χ0n) is 10.6. The number of aryl methyl sites for hydroxylation is 1. The summed E-state index contributed by atoms with van der Waals surface area (Å²) < 4.78 is 0. The number of hydrogen-bond donors (Lipinski definition) is 3. The van der Waals surface area contributed by atoms with Crippen LogP contribution in [0.5, 0.6) is 0 Å². The molecular formula is C12H15ClN2O4. The third kappa shape index (κ3) is 4.18. The van der Waals surface area contributed by atoms with Crippen molar-refractivity contribution in [3.8, 4) is 0 Å². The van der Waals surface area contributed by atoms with E-state index in [9.17, 15) is 14.7 Å². The summed E-state index contributed by atoms with van der Waals surface area (Å²) in [7, 11) is 0. The molecule has 0 aliphatic heterocycles. The highest BCUT2D eigenvalue weighted by Gasteiger charge is 2.25. The van der Waals surface area contributed by atoms with E-state index in [0.29, 0.717) is 12.1 Å². The number of carboxylic acids is 1. The number of rotatable bonds is 5. The lowest BCUT2D eigenvalue weighted by Crippen LogP contribution is -2.47. The van der Waals surface area contributed by atoms with Gasteiger partial charge in [0.15, 0.2) is 6.04 Å². The lowest BCUT2D eigenvalue weighted by Gasteiger charge is -2.17. The van der Waals surface area contributed by atoms with E-state index in [0.717, 1.165) is 0 Å². The number of pyridine rings is 1. The van der Waals surface area contributed by atoms with Crippen LogP contribution in [-0.2, 0) is 11.2 Å². The van der Waals surface area contributed by atoms with E-state index in [1.807, 2.05) is 6.92 Å². The van der Waals surface area contributed by atoms with Crippen LogP contribution in [0, 0.1) is 0 Å².